The summed E-state index contributed by atoms with van der Waals surface area (Å²) in [6, 6.07) is 7.81. The summed E-state index contributed by atoms with van der Waals surface area (Å²) < 4.78 is 0. The van der Waals surface area contributed by atoms with Crippen molar-refractivity contribution in [3.63, 3.8) is 0 Å². The fourth-order valence-corrected chi connectivity index (χ4v) is 1.59. The van der Waals surface area contributed by atoms with E-state index >= 15 is 0 Å². The number of fused-ring (bicyclic) bond motifs is 1. The third kappa shape index (κ3) is 2.52. The number of carbonyl (C=O) groups excluding carboxylic acids is 1. The van der Waals surface area contributed by atoms with E-state index in [0.29, 0.717) is 6.54 Å². The van der Waals surface area contributed by atoms with Crippen molar-refractivity contribution in [1.29, 1.82) is 0 Å². The van der Waals surface area contributed by atoms with Gasteiger partial charge in [-0.15, -0.1) is 0 Å². The van der Waals surface area contributed by atoms with Crippen LogP contribution in [0.3, 0.4) is 0 Å². The predicted octanol–water partition coefficient (Wildman–Crippen LogP) is 2.42. The number of carbonyl (C=O) groups is 1. The minimum absolute atomic E-state index is 0.214. The van der Waals surface area contributed by atoms with Crippen LogP contribution < -0.4 is 10.4 Å². The van der Waals surface area contributed by atoms with Gasteiger partial charge in [-0.25, -0.2) is 9.86 Å². The smallest absolute Gasteiger partial charge is 0.337 e. The van der Waals surface area contributed by atoms with Gasteiger partial charge in [0.2, 0.25) is 0 Å². The molecule has 0 fully saturated rings. The second-order valence-electron chi connectivity index (χ2n) is 5.17. The molecule has 0 atom stereocenters. The van der Waals surface area contributed by atoms with Gasteiger partial charge < -0.3 is 10.2 Å². The lowest BCUT2D eigenvalue weighted by atomic mass is 9.98. The summed E-state index contributed by atoms with van der Waals surface area (Å²) in [5, 5.41) is 4.94. The first-order chi connectivity index (χ1) is 7.98. The van der Waals surface area contributed by atoms with Crippen LogP contribution >= 0.6 is 0 Å². The minimum atomic E-state index is -0.486. The zero-order chi connectivity index (χ0) is 12.5. The van der Waals surface area contributed by atoms with Crippen molar-refractivity contribution in [1.82, 2.24) is 0 Å². The first-order valence-electron chi connectivity index (χ1n) is 5.81. The molecule has 1 aliphatic rings. The topological polar surface area (TPSA) is 41.6 Å². The molecule has 0 aromatic heterocycles. The van der Waals surface area contributed by atoms with Crippen LogP contribution in [0.25, 0.3) is 0 Å². The van der Waals surface area contributed by atoms with E-state index in [9.17, 15) is 4.79 Å². The normalized spacial score (nSPS) is 14.9. The Morgan fingerprint density at radius 2 is 2.06 bits per heavy atom. The van der Waals surface area contributed by atoms with Gasteiger partial charge in [0.25, 0.3) is 0 Å². The molecule has 0 amide bonds. The number of hydrogen-bond donors (Lipinski definition) is 1. The van der Waals surface area contributed by atoms with E-state index in [4.69, 9.17) is 4.84 Å². The predicted molar refractivity (Wildman–Crippen MR) is 67.8 cm³/mol. The summed E-state index contributed by atoms with van der Waals surface area (Å²) in [4.78, 5) is 17.3. The molecule has 0 aliphatic carbocycles. The van der Waals surface area contributed by atoms with E-state index in [-0.39, 0.29) is 5.97 Å². The summed E-state index contributed by atoms with van der Waals surface area (Å²) >= 11 is 0. The van der Waals surface area contributed by atoms with Crippen molar-refractivity contribution in [3.05, 3.63) is 24.3 Å². The molecular formula is C13H18N2O2. The van der Waals surface area contributed by atoms with E-state index in [1.807, 2.05) is 45.0 Å². The van der Waals surface area contributed by atoms with Gasteiger partial charge in [0.15, 0.2) is 0 Å². The number of rotatable bonds is 1. The van der Waals surface area contributed by atoms with Gasteiger partial charge in [-0.05, 0) is 32.9 Å². The number of hydroxylamine groups is 1. The molecule has 1 heterocycles. The van der Waals surface area contributed by atoms with Crippen LogP contribution in [0.15, 0.2) is 24.3 Å². The Morgan fingerprint density at radius 1 is 1.35 bits per heavy atom. The number of benzene rings is 1. The molecular weight excluding hydrogens is 216 g/mol. The van der Waals surface area contributed by atoms with Gasteiger partial charge in [0, 0.05) is 6.54 Å². The molecule has 0 bridgehead atoms. The highest BCUT2D eigenvalue weighted by molar-refractivity contribution is 5.78. The average molecular weight is 234 g/mol. The summed E-state index contributed by atoms with van der Waals surface area (Å²) in [6.45, 7) is 6.99. The Morgan fingerprint density at radius 3 is 2.76 bits per heavy atom. The van der Waals surface area contributed by atoms with E-state index in [1.54, 1.807) is 5.06 Å². The Bertz CT molecular complexity index is 424. The highest BCUT2D eigenvalue weighted by Crippen LogP contribution is 2.29. The maximum Gasteiger partial charge on any atom is 0.337 e. The molecule has 1 aliphatic heterocycles. The number of hydrogen-bond acceptors (Lipinski definition) is 4. The van der Waals surface area contributed by atoms with Crippen molar-refractivity contribution >= 4 is 17.3 Å². The Labute approximate surface area is 102 Å². The van der Waals surface area contributed by atoms with Crippen molar-refractivity contribution in [2.75, 3.05) is 23.5 Å². The first-order valence-corrected chi connectivity index (χ1v) is 5.81. The van der Waals surface area contributed by atoms with E-state index in [0.717, 1.165) is 17.9 Å². The molecule has 92 valence electrons. The monoisotopic (exact) mass is 234 g/mol. The lowest BCUT2D eigenvalue weighted by Crippen LogP contribution is -2.39. The second-order valence-corrected chi connectivity index (χ2v) is 5.17. The number of nitrogens with one attached hydrogen (secondary N) is 1. The summed E-state index contributed by atoms with van der Waals surface area (Å²) in [5.41, 5.74) is 1.43. The molecule has 1 N–H and O–H groups in total. The van der Waals surface area contributed by atoms with Crippen LogP contribution in [-0.2, 0) is 9.63 Å². The fraction of sp³-hybridized carbons (Fsp3) is 0.462. The van der Waals surface area contributed by atoms with E-state index in [1.165, 1.54) is 0 Å². The van der Waals surface area contributed by atoms with Crippen molar-refractivity contribution in [2.45, 2.75) is 20.8 Å². The molecule has 0 spiro atoms. The molecule has 4 nitrogen and oxygen atoms in total. The first kappa shape index (κ1) is 11.8. The number of nitrogens with zero attached hydrogens (tertiary/aromatic N) is 1. The van der Waals surface area contributed by atoms with Crippen molar-refractivity contribution < 1.29 is 9.63 Å². The Balaban J connectivity index is 2.17. The highest BCUT2D eigenvalue weighted by Gasteiger charge is 2.28. The minimum Gasteiger partial charge on any atom is -0.381 e. The standard InChI is InChI=1S/C13H18N2O2/c1-13(2,3)12(16)17-15-9-8-14-10-6-4-5-7-11(10)15/h4-7,14H,8-9H2,1-3H3. The molecule has 0 saturated carbocycles. The quantitative estimate of drug-likeness (QED) is 0.810. The number of para-hydroxylation sites is 2. The van der Waals surface area contributed by atoms with Gasteiger partial charge in [-0.1, -0.05) is 12.1 Å². The SMILES string of the molecule is CC(C)(C)C(=O)ON1CCNc2ccccc21. The van der Waals surface area contributed by atoms with E-state index < -0.39 is 5.41 Å². The number of anilines is 2. The van der Waals surface area contributed by atoms with Gasteiger partial charge in [-0.3, -0.25) is 0 Å². The molecule has 17 heavy (non-hydrogen) atoms. The Hall–Kier alpha value is -1.71. The maximum absolute atomic E-state index is 11.9. The second kappa shape index (κ2) is 4.28. The highest BCUT2D eigenvalue weighted by atomic mass is 16.7. The maximum atomic E-state index is 11.9. The molecule has 0 unspecified atom stereocenters. The van der Waals surface area contributed by atoms with Crippen LogP contribution in [0, 0.1) is 5.41 Å². The molecule has 1 aromatic rings. The summed E-state index contributed by atoms with van der Waals surface area (Å²) in [6.07, 6.45) is 0. The van der Waals surface area contributed by atoms with Crippen LogP contribution in [0.5, 0.6) is 0 Å². The van der Waals surface area contributed by atoms with Gasteiger partial charge in [-0.2, -0.15) is 0 Å². The van der Waals surface area contributed by atoms with E-state index in [2.05, 4.69) is 5.32 Å². The van der Waals surface area contributed by atoms with Crippen molar-refractivity contribution in [2.24, 2.45) is 5.41 Å². The van der Waals surface area contributed by atoms with Crippen LogP contribution in [0.1, 0.15) is 20.8 Å². The zero-order valence-electron chi connectivity index (χ0n) is 10.5. The molecule has 0 saturated heterocycles. The largest absolute Gasteiger partial charge is 0.381 e. The van der Waals surface area contributed by atoms with Crippen molar-refractivity contribution in [3.8, 4) is 0 Å². The fourth-order valence-electron chi connectivity index (χ4n) is 1.59. The zero-order valence-corrected chi connectivity index (χ0v) is 10.5. The van der Waals surface area contributed by atoms with Crippen LogP contribution in [0.4, 0.5) is 11.4 Å². The van der Waals surface area contributed by atoms with Crippen LogP contribution in [-0.4, -0.2) is 19.1 Å². The van der Waals surface area contributed by atoms with Gasteiger partial charge in [0.05, 0.1) is 23.3 Å². The molecule has 2 rings (SSSR count). The molecule has 1 aromatic carbocycles. The van der Waals surface area contributed by atoms with Gasteiger partial charge >= 0.3 is 5.97 Å². The summed E-state index contributed by atoms with van der Waals surface area (Å²) in [5.74, 6) is -0.214. The lowest BCUT2D eigenvalue weighted by molar-refractivity contribution is -0.154. The average Bonchev–Trinajstić information content (AvgIpc) is 2.28. The lowest BCUT2D eigenvalue weighted by Gasteiger charge is -2.31. The van der Waals surface area contributed by atoms with Crippen LogP contribution in [0.2, 0.25) is 0 Å². The van der Waals surface area contributed by atoms with Gasteiger partial charge in [0.1, 0.15) is 0 Å². The third-order valence-electron chi connectivity index (χ3n) is 2.61. The third-order valence-corrected chi connectivity index (χ3v) is 2.61. The molecule has 0 radical (unpaired) electrons. The molecule has 4 heteroatoms. The summed E-state index contributed by atoms with van der Waals surface area (Å²) in [7, 11) is 0. The Kier molecular flexibility index (Phi) is 2.96.